The monoisotopic (exact) mass is 1220 g/mol. The number of esters is 2. The van der Waals surface area contributed by atoms with E-state index < -0.39 is 39.3 Å². The number of nitrogens with zero attached hydrogens (tertiary/aromatic N) is 6. The van der Waals surface area contributed by atoms with Crippen molar-refractivity contribution in [3.8, 4) is 28.7 Å². The number of rotatable bonds is 12. The van der Waals surface area contributed by atoms with E-state index in [1.807, 2.05) is 60.8 Å². The Morgan fingerprint density at radius 3 is 1.55 bits per heavy atom. The SMILES string of the molecule is CC[C@@]1(O)C(=O)OCc2c1cc1n(c2=O)Cc2c-1nc1ccccc1c2CC[Si](C)(C)CI.CC[C@@]1(O)C(=O)OCc2c1cc1n(c2=O)Cc2c-1nc1ccccc1c2CC[Si](C)(C)Cn1ccccc1=O.COc1ccccn1. The number of carbonyl (C=O) groups excluding carboxylic acids is 2. The predicted octanol–water partition coefficient (Wildman–Crippen LogP) is 9.13. The molecular formula is C61H65IN6O10Si2. The normalized spacial score (nSPS) is 17.6. The highest BCUT2D eigenvalue weighted by molar-refractivity contribution is 14.1. The van der Waals surface area contributed by atoms with Crippen LogP contribution in [0.1, 0.15) is 71.2 Å². The van der Waals surface area contributed by atoms with Crippen molar-refractivity contribution in [1.29, 1.82) is 0 Å². The van der Waals surface area contributed by atoms with Crippen LogP contribution >= 0.6 is 22.6 Å². The summed E-state index contributed by atoms with van der Waals surface area (Å²) in [6, 6.07) is 32.6. The van der Waals surface area contributed by atoms with Gasteiger partial charge in [0.15, 0.2) is 11.2 Å². The molecule has 80 heavy (non-hydrogen) atoms. The summed E-state index contributed by atoms with van der Waals surface area (Å²) in [6.07, 6.45) is 6.28. The zero-order chi connectivity index (χ0) is 56.9. The average molecular weight is 1230 g/mol. The molecule has 0 spiro atoms. The molecule has 4 aliphatic heterocycles. The standard InChI is InChI=1S/C30H31N3O5Si.C25H27IN2O4Si.C6H7NO/c1-4-30(37)23-15-25-27-21(16-33(25)28(35)22(23)17-38-29(30)36)19(20-9-5-6-10-24(20)31-27)12-14-39(2,3)18-32-13-8-7-11-26(32)34;1-4-25(31)19-11-21-22-17(12-28(21)23(29)18(19)13-32-24(25)30)15(9-10-33(2,3)14-26)16-7-5-6-8-20(16)27-22;1-8-6-4-2-3-5-7-6/h5-11,13,15,37H,4,12,14,16-18H2,1-3H3;5-8,11,31H,4,9-10,12-14H2,1-3H3;2-5H,1H3/t30-;25-;/m00./s1. The van der Waals surface area contributed by atoms with Gasteiger partial charge in [0, 0.05) is 63.7 Å². The fraction of sp³-hybridized carbons (Fsp3) is 0.344. The number of fused-ring (bicyclic) bond motifs is 10. The molecule has 0 aliphatic carbocycles. The second-order valence-corrected chi connectivity index (χ2v) is 35.1. The molecule has 0 amide bonds. The lowest BCUT2D eigenvalue weighted by atomic mass is 9.86. The van der Waals surface area contributed by atoms with Crippen LogP contribution < -0.4 is 21.4 Å². The molecule has 8 aromatic rings. The molecule has 12 rings (SSSR count). The van der Waals surface area contributed by atoms with Gasteiger partial charge >= 0.3 is 11.9 Å². The topological polar surface area (TPSA) is 207 Å². The molecule has 10 heterocycles. The van der Waals surface area contributed by atoms with Crippen LogP contribution in [-0.2, 0) is 75.6 Å². The minimum atomic E-state index is -1.85. The van der Waals surface area contributed by atoms with Gasteiger partial charge < -0.3 is 38.1 Å². The van der Waals surface area contributed by atoms with Crippen LogP contribution in [0.4, 0.5) is 0 Å². The first-order chi connectivity index (χ1) is 38.3. The van der Waals surface area contributed by atoms with Crippen molar-refractivity contribution in [1.82, 2.24) is 28.7 Å². The van der Waals surface area contributed by atoms with Gasteiger partial charge in [0.2, 0.25) is 11.4 Å². The van der Waals surface area contributed by atoms with Crippen molar-refractivity contribution >= 4 is 72.5 Å². The molecule has 2 N–H and O–H groups in total. The van der Waals surface area contributed by atoms with E-state index in [2.05, 4.69) is 65.9 Å². The van der Waals surface area contributed by atoms with Crippen LogP contribution in [0.3, 0.4) is 0 Å². The van der Waals surface area contributed by atoms with Gasteiger partial charge in [0.1, 0.15) is 13.2 Å². The molecule has 0 radical (unpaired) electrons. The van der Waals surface area contributed by atoms with Crippen molar-refractivity contribution < 1.29 is 34.0 Å². The highest BCUT2D eigenvalue weighted by Gasteiger charge is 2.47. The molecule has 2 aromatic carbocycles. The summed E-state index contributed by atoms with van der Waals surface area (Å²) in [4.78, 5) is 78.2. The summed E-state index contributed by atoms with van der Waals surface area (Å²) >= 11 is 2.50. The third kappa shape index (κ3) is 10.3. The molecule has 2 atom stereocenters. The average Bonchev–Trinajstić information content (AvgIpc) is 4.25. The molecule has 0 fully saturated rings. The number of benzene rings is 2. The zero-order valence-electron chi connectivity index (χ0n) is 46.1. The second-order valence-electron chi connectivity index (χ2n) is 22.6. The number of ether oxygens (including phenoxy) is 3. The van der Waals surface area contributed by atoms with Crippen molar-refractivity contribution in [3.05, 3.63) is 185 Å². The first-order valence-corrected chi connectivity index (χ1v) is 35.4. The number of halogens is 1. The van der Waals surface area contributed by atoms with Gasteiger partial charge in [0.25, 0.3) is 11.1 Å². The number of pyridine rings is 6. The Morgan fingerprint density at radius 2 is 1.11 bits per heavy atom. The minimum absolute atomic E-state index is 0.0154. The molecule has 0 unspecified atom stereocenters. The van der Waals surface area contributed by atoms with Crippen molar-refractivity contribution in [3.63, 3.8) is 0 Å². The number of cyclic esters (lactones) is 2. The Labute approximate surface area is 478 Å². The van der Waals surface area contributed by atoms with Crippen LogP contribution in [-0.4, -0.2) is 78.1 Å². The number of alkyl halides is 1. The first-order valence-electron chi connectivity index (χ1n) is 27.1. The van der Waals surface area contributed by atoms with E-state index in [0.29, 0.717) is 52.6 Å². The Hall–Kier alpha value is -6.92. The molecule has 0 bridgehead atoms. The Balaban J connectivity index is 0.000000160. The molecule has 19 heteroatoms. The fourth-order valence-corrected chi connectivity index (χ4v) is 15.9. The number of hydrogen-bond acceptors (Lipinski definition) is 13. The lowest BCUT2D eigenvalue weighted by molar-refractivity contribution is -0.172. The second kappa shape index (κ2) is 22.2. The van der Waals surface area contributed by atoms with Crippen molar-refractivity contribution in [2.45, 2.75) is 121 Å². The summed E-state index contributed by atoms with van der Waals surface area (Å²) in [7, 11) is -1.55. The number of methoxy groups -OCH3 is 1. The summed E-state index contributed by atoms with van der Waals surface area (Å²) in [6.45, 7) is 13.4. The number of aryl methyl sites for hydroxylation is 2. The quantitative estimate of drug-likeness (QED) is 0.0507. The van der Waals surface area contributed by atoms with Gasteiger partial charge in [-0.1, -0.05) is 123 Å². The van der Waals surface area contributed by atoms with Gasteiger partial charge in [-0.05, 0) is 77.3 Å². The summed E-state index contributed by atoms with van der Waals surface area (Å²) in [5.41, 5.74) is 6.32. The maximum absolute atomic E-state index is 13.6. The third-order valence-corrected chi connectivity index (χ3v) is 27.6. The van der Waals surface area contributed by atoms with E-state index >= 15 is 0 Å². The lowest BCUT2D eigenvalue weighted by Crippen LogP contribution is -2.44. The Bertz CT molecular complexity index is 3960. The van der Waals surface area contributed by atoms with E-state index in [4.69, 9.17) is 24.2 Å². The summed E-state index contributed by atoms with van der Waals surface area (Å²) in [5, 5.41) is 24.5. The lowest BCUT2D eigenvalue weighted by Gasteiger charge is -2.31. The molecule has 4 aliphatic rings. The van der Waals surface area contributed by atoms with Crippen LogP contribution in [0.25, 0.3) is 44.6 Å². The fourth-order valence-electron chi connectivity index (χ4n) is 11.4. The van der Waals surface area contributed by atoms with Crippen molar-refractivity contribution in [2.24, 2.45) is 0 Å². The van der Waals surface area contributed by atoms with Gasteiger partial charge in [-0.2, -0.15) is 0 Å². The van der Waals surface area contributed by atoms with Gasteiger partial charge in [-0.25, -0.2) is 24.5 Å². The Morgan fingerprint density at radius 1 is 0.637 bits per heavy atom. The molecule has 0 saturated carbocycles. The first kappa shape index (κ1) is 56.4. The molecule has 0 saturated heterocycles. The van der Waals surface area contributed by atoms with E-state index in [1.54, 1.807) is 71.2 Å². The highest BCUT2D eigenvalue weighted by Crippen LogP contribution is 2.43. The van der Waals surface area contributed by atoms with Crippen LogP contribution in [0, 0.1) is 0 Å². The van der Waals surface area contributed by atoms with E-state index in [1.165, 1.54) is 9.61 Å². The molecular weight excluding hydrogens is 1160 g/mol. The van der Waals surface area contributed by atoms with Crippen LogP contribution in [0.2, 0.25) is 38.3 Å². The highest BCUT2D eigenvalue weighted by atomic mass is 127. The third-order valence-electron chi connectivity index (χ3n) is 16.2. The number of hydrogen-bond donors (Lipinski definition) is 2. The zero-order valence-corrected chi connectivity index (χ0v) is 50.3. The Kier molecular flexibility index (Phi) is 15.6. The van der Waals surface area contributed by atoms with E-state index in [-0.39, 0.29) is 42.7 Å². The van der Waals surface area contributed by atoms with Gasteiger partial charge in [-0.15, -0.1) is 0 Å². The number of carbonyl (C=O) groups is 2. The number of para-hydroxylation sites is 2. The summed E-state index contributed by atoms with van der Waals surface area (Å²) in [5.74, 6) is -0.761. The molecule has 6 aromatic heterocycles. The smallest absolute Gasteiger partial charge is 0.343 e. The molecule has 414 valence electrons. The van der Waals surface area contributed by atoms with Gasteiger partial charge in [0.05, 0.1) is 81.3 Å². The maximum Gasteiger partial charge on any atom is 0.343 e. The minimum Gasteiger partial charge on any atom is -0.481 e. The predicted molar refractivity (Wildman–Crippen MR) is 321 cm³/mol. The maximum atomic E-state index is 13.6. The van der Waals surface area contributed by atoms with Crippen LogP contribution in [0.5, 0.6) is 5.88 Å². The largest absolute Gasteiger partial charge is 0.481 e. The van der Waals surface area contributed by atoms with Gasteiger partial charge in [-0.3, -0.25) is 14.4 Å². The molecule has 16 nitrogen and oxygen atoms in total. The summed E-state index contributed by atoms with van der Waals surface area (Å²) < 4.78 is 21.6. The van der Waals surface area contributed by atoms with Crippen LogP contribution in [0.15, 0.2) is 124 Å². The van der Waals surface area contributed by atoms with E-state index in [9.17, 15) is 34.2 Å². The van der Waals surface area contributed by atoms with E-state index in [0.717, 1.165) is 81.0 Å². The number of aromatic nitrogens is 6. The number of aliphatic hydroxyl groups is 2. The van der Waals surface area contributed by atoms with Crippen molar-refractivity contribution in [2.75, 3.05) is 11.2 Å².